The van der Waals surface area contributed by atoms with Crippen molar-refractivity contribution in [1.29, 1.82) is 0 Å². The van der Waals surface area contributed by atoms with Crippen molar-refractivity contribution in [3.8, 4) is 5.75 Å². The van der Waals surface area contributed by atoms with Crippen LogP contribution in [0.5, 0.6) is 5.75 Å². The van der Waals surface area contributed by atoms with Crippen molar-refractivity contribution in [3.63, 3.8) is 0 Å². The molecule has 1 aromatic carbocycles. The zero-order valence-electron chi connectivity index (χ0n) is 12.7. The van der Waals surface area contributed by atoms with E-state index in [-0.39, 0.29) is 12.0 Å². The number of carbonyl (C=O) groups is 1. The van der Waals surface area contributed by atoms with Gasteiger partial charge in [-0.15, -0.1) is 11.3 Å². The Bertz CT molecular complexity index is 648. The summed E-state index contributed by atoms with van der Waals surface area (Å²) in [6.07, 6.45) is 7.52. The number of aromatic nitrogens is 1. The van der Waals surface area contributed by atoms with Crippen LogP contribution in [-0.2, 0) is 6.42 Å². The molecule has 0 atom stereocenters. The molecule has 1 aliphatic carbocycles. The number of carbonyl (C=O) groups excluding carboxylic acids is 1. The maximum absolute atomic E-state index is 12.5. The molecule has 2 aromatic rings. The average molecular weight is 316 g/mol. The molecule has 1 N–H and O–H groups in total. The van der Waals surface area contributed by atoms with Crippen molar-refractivity contribution in [1.82, 2.24) is 4.98 Å². The maximum atomic E-state index is 12.5. The fraction of sp³-hybridized carbons (Fsp3) is 0.412. The first-order valence-electron chi connectivity index (χ1n) is 7.78. The third-order valence-electron chi connectivity index (χ3n) is 3.85. The Morgan fingerprint density at radius 1 is 1.36 bits per heavy atom. The standard InChI is InChI=1S/C17H20N2O2S/c1-2-13-11-18-17(22-13)19-16(20)14-9-5-6-10-15(14)21-12-7-3-4-8-12/h5-6,9-12H,2-4,7-8H2,1H3,(H,18,19,20). The van der Waals surface area contributed by atoms with E-state index >= 15 is 0 Å². The number of anilines is 1. The second-order valence-corrected chi connectivity index (χ2v) is 6.58. The SMILES string of the molecule is CCc1cnc(NC(=O)c2ccccc2OC2CCCC2)s1. The molecule has 1 heterocycles. The van der Waals surface area contributed by atoms with Crippen LogP contribution in [0.2, 0.25) is 0 Å². The Labute approximate surface area is 134 Å². The summed E-state index contributed by atoms with van der Waals surface area (Å²) >= 11 is 1.51. The van der Waals surface area contributed by atoms with Crippen LogP contribution in [0, 0.1) is 0 Å². The first kappa shape index (κ1) is 15.0. The Morgan fingerprint density at radius 3 is 2.86 bits per heavy atom. The van der Waals surface area contributed by atoms with Gasteiger partial charge in [-0.25, -0.2) is 4.98 Å². The highest BCUT2D eigenvalue weighted by atomic mass is 32.1. The van der Waals surface area contributed by atoms with E-state index in [0.29, 0.717) is 16.4 Å². The molecule has 1 amide bonds. The van der Waals surface area contributed by atoms with Gasteiger partial charge in [0.2, 0.25) is 0 Å². The van der Waals surface area contributed by atoms with Crippen molar-refractivity contribution < 1.29 is 9.53 Å². The van der Waals surface area contributed by atoms with E-state index in [0.717, 1.165) is 24.1 Å². The fourth-order valence-corrected chi connectivity index (χ4v) is 3.38. The number of ether oxygens (including phenoxy) is 1. The molecular weight excluding hydrogens is 296 g/mol. The van der Waals surface area contributed by atoms with Gasteiger partial charge in [-0.3, -0.25) is 10.1 Å². The predicted octanol–water partition coefficient (Wildman–Crippen LogP) is 4.28. The lowest BCUT2D eigenvalue weighted by Gasteiger charge is -2.15. The third kappa shape index (κ3) is 3.47. The quantitative estimate of drug-likeness (QED) is 0.895. The van der Waals surface area contributed by atoms with Crippen LogP contribution in [0.25, 0.3) is 0 Å². The molecule has 0 bridgehead atoms. The number of hydrogen-bond acceptors (Lipinski definition) is 4. The molecular formula is C17H20N2O2S. The molecule has 1 aliphatic rings. The first-order chi connectivity index (χ1) is 10.8. The summed E-state index contributed by atoms with van der Waals surface area (Å²) in [6, 6.07) is 7.43. The summed E-state index contributed by atoms with van der Waals surface area (Å²) in [7, 11) is 0. The van der Waals surface area contributed by atoms with Crippen LogP contribution in [-0.4, -0.2) is 17.0 Å². The molecule has 5 heteroatoms. The Kier molecular flexibility index (Phi) is 4.73. The molecule has 116 valence electrons. The molecule has 0 unspecified atom stereocenters. The summed E-state index contributed by atoms with van der Waals surface area (Å²) < 4.78 is 6.01. The van der Waals surface area contributed by atoms with Gasteiger partial charge in [0.25, 0.3) is 5.91 Å². The number of rotatable bonds is 5. The Balaban J connectivity index is 1.73. The molecule has 0 aliphatic heterocycles. The number of nitrogens with zero attached hydrogens (tertiary/aromatic N) is 1. The van der Waals surface area contributed by atoms with Crippen LogP contribution in [0.15, 0.2) is 30.5 Å². The van der Waals surface area contributed by atoms with Gasteiger partial charge in [-0.1, -0.05) is 19.1 Å². The van der Waals surface area contributed by atoms with Gasteiger partial charge in [0.15, 0.2) is 5.13 Å². The highest BCUT2D eigenvalue weighted by Crippen LogP contribution is 2.27. The minimum atomic E-state index is -0.161. The Hall–Kier alpha value is -1.88. The van der Waals surface area contributed by atoms with E-state index in [2.05, 4.69) is 17.2 Å². The van der Waals surface area contributed by atoms with Crippen LogP contribution < -0.4 is 10.1 Å². The summed E-state index contributed by atoms with van der Waals surface area (Å²) in [5.74, 6) is 0.504. The lowest BCUT2D eigenvalue weighted by molar-refractivity contribution is 0.101. The molecule has 0 saturated heterocycles. The predicted molar refractivity (Wildman–Crippen MR) is 88.8 cm³/mol. The monoisotopic (exact) mass is 316 g/mol. The zero-order chi connectivity index (χ0) is 15.4. The lowest BCUT2D eigenvalue weighted by atomic mass is 10.2. The van der Waals surface area contributed by atoms with Crippen LogP contribution in [0.1, 0.15) is 47.8 Å². The van der Waals surface area contributed by atoms with Gasteiger partial charge < -0.3 is 4.74 Å². The van der Waals surface area contributed by atoms with Crippen molar-refractivity contribution in [2.75, 3.05) is 5.32 Å². The number of aryl methyl sites for hydroxylation is 1. The molecule has 0 spiro atoms. The highest BCUT2D eigenvalue weighted by Gasteiger charge is 2.20. The van der Waals surface area contributed by atoms with Crippen LogP contribution in [0.3, 0.4) is 0 Å². The molecule has 1 aromatic heterocycles. The normalized spacial score (nSPS) is 15.0. The smallest absolute Gasteiger partial charge is 0.261 e. The largest absolute Gasteiger partial charge is 0.490 e. The second-order valence-electron chi connectivity index (χ2n) is 5.46. The first-order valence-corrected chi connectivity index (χ1v) is 8.59. The van der Waals surface area contributed by atoms with E-state index in [1.165, 1.54) is 24.2 Å². The fourth-order valence-electron chi connectivity index (χ4n) is 2.64. The van der Waals surface area contributed by atoms with Gasteiger partial charge >= 0.3 is 0 Å². The summed E-state index contributed by atoms with van der Waals surface area (Å²) in [5, 5.41) is 3.50. The summed E-state index contributed by atoms with van der Waals surface area (Å²) in [5.41, 5.74) is 0.572. The molecule has 0 radical (unpaired) electrons. The van der Waals surface area contributed by atoms with Crippen molar-refractivity contribution in [2.24, 2.45) is 0 Å². The van der Waals surface area contributed by atoms with Gasteiger partial charge in [-0.05, 0) is 44.2 Å². The zero-order valence-corrected chi connectivity index (χ0v) is 13.5. The van der Waals surface area contributed by atoms with E-state index in [4.69, 9.17) is 4.74 Å². The number of nitrogens with one attached hydrogen (secondary N) is 1. The van der Waals surface area contributed by atoms with Crippen LogP contribution >= 0.6 is 11.3 Å². The minimum absolute atomic E-state index is 0.161. The average Bonchev–Trinajstić information content (AvgIpc) is 3.19. The maximum Gasteiger partial charge on any atom is 0.261 e. The molecule has 1 fully saturated rings. The minimum Gasteiger partial charge on any atom is -0.490 e. The van der Waals surface area contributed by atoms with Gasteiger partial charge in [0.05, 0.1) is 11.7 Å². The molecule has 22 heavy (non-hydrogen) atoms. The van der Waals surface area contributed by atoms with E-state index in [1.807, 2.05) is 18.2 Å². The summed E-state index contributed by atoms with van der Waals surface area (Å²) in [4.78, 5) is 17.9. The number of benzene rings is 1. The lowest BCUT2D eigenvalue weighted by Crippen LogP contribution is -2.17. The molecule has 1 saturated carbocycles. The topological polar surface area (TPSA) is 51.2 Å². The van der Waals surface area contributed by atoms with E-state index in [1.54, 1.807) is 12.3 Å². The highest BCUT2D eigenvalue weighted by molar-refractivity contribution is 7.15. The van der Waals surface area contributed by atoms with E-state index in [9.17, 15) is 4.79 Å². The number of thiazole rings is 1. The molecule has 3 rings (SSSR count). The third-order valence-corrected chi connectivity index (χ3v) is 4.91. The van der Waals surface area contributed by atoms with Crippen LogP contribution in [0.4, 0.5) is 5.13 Å². The van der Waals surface area contributed by atoms with Gasteiger partial charge in [0, 0.05) is 11.1 Å². The van der Waals surface area contributed by atoms with E-state index < -0.39 is 0 Å². The summed E-state index contributed by atoms with van der Waals surface area (Å²) in [6.45, 7) is 2.07. The molecule has 4 nitrogen and oxygen atoms in total. The van der Waals surface area contributed by atoms with Crippen molar-refractivity contribution >= 4 is 22.4 Å². The van der Waals surface area contributed by atoms with Gasteiger partial charge in [-0.2, -0.15) is 0 Å². The van der Waals surface area contributed by atoms with Crippen molar-refractivity contribution in [3.05, 3.63) is 40.9 Å². The second kappa shape index (κ2) is 6.92. The number of amides is 1. The van der Waals surface area contributed by atoms with Crippen molar-refractivity contribution in [2.45, 2.75) is 45.1 Å². The number of hydrogen-bond donors (Lipinski definition) is 1. The Morgan fingerprint density at radius 2 is 2.14 bits per heavy atom. The van der Waals surface area contributed by atoms with Gasteiger partial charge in [0.1, 0.15) is 5.75 Å². The number of para-hydroxylation sites is 1.